The van der Waals surface area contributed by atoms with Crippen molar-refractivity contribution < 1.29 is 19.0 Å². The lowest BCUT2D eigenvalue weighted by molar-refractivity contribution is -0.145. The van der Waals surface area contributed by atoms with Crippen LogP contribution in [0.3, 0.4) is 0 Å². The molecule has 1 heterocycles. The van der Waals surface area contributed by atoms with Gasteiger partial charge in [0.2, 0.25) is 0 Å². The van der Waals surface area contributed by atoms with Crippen LogP contribution in [-0.4, -0.2) is 35.8 Å². The first-order valence-corrected chi connectivity index (χ1v) is 9.11. The second kappa shape index (κ2) is 8.23. The fourth-order valence-electron chi connectivity index (χ4n) is 2.53. The van der Waals surface area contributed by atoms with Gasteiger partial charge in [0.1, 0.15) is 5.82 Å². The third kappa shape index (κ3) is 3.99. The van der Waals surface area contributed by atoms with Crippen LogP contribution in [0.4, 0.5) is 0 Å². The number of hydrogen-bond acceptors (Lipinski definition) is 5. The molecule has 0 spiro atoms. The summed E-state index contributed by atoms with van der Waals surface area (Å²) in [5.74, 6) is 1.29. The first kappa shape index (κ1) is 18.3. The number of aromatic amines is 1. The molecule has 136 valence electrons. The highest BCUT2D eigenvalue weighted by molar-refractivity contribution is 9.10. The van der Waals surface area contributed by atoms with Crippen molar-refractivity contribution in [2.45, 2.75) is 13.8 Å². The first-order valence-electron chi connectivity index (χ1n) is 8.32. The fourth-order valence-corrected chi connectivity index (χ4v) is 3.09. The number of para-hydroxylation sites is 2. The largest absolute Gasteiger partial charge is 0.490 e. The van der Waals surface area contributed by atoms with Crippen LogP contribution >= 0.6 is 15.9 Å². The zero-order valence-corrected chi connectivity index (χ0v) is 16.1. The summed E-state index contributed by atoms with van der Waals surface area (Å²) in [5.41, 5.74) is 2.69. The Morgan fingerprint density at radius 3 is 2.69 bits per heavy atom. The van der Waals surface area contributed by atoms with Gasteiger partial charge in [-0.15, -0.1) is 0 Å². The molecule has 0 saturated carbocycles. The van der Waals surface area contributed by atoms with Gasteiger partial charge in [-0.05, 0) is 54.0 Å². The van der Waals surface area contributed by atoms with E-state index in [0.29, 0.717) is 29.2 Å². The zero-order chi connectivity index (χ0) is 18.5. The van der Waals surface area contributed by atoms with Gasteiger partial charge < -0.3 is 19.2 Å². The number of aromatic nitrogens is 2. The van der Waals surface area contributed by atoms with Crippen molar-refractivity contribution in [1.82, 2.24) is 9.97 Å². The van der Waals surface area contributed by atoms with Gasteiger partial charge in [-0.1, -0.05) is 12.1 Å². The molecule has 7 heteroatoms. The van der Waals surface area contributed by atoms with E-state index in [-0.39, 0.29) is 6.61 Å². The number of carbonyl (C=O) groups is 1. The van der Waals surface area contributed by atoms with Gasteiger partial charge >= 0.3 is 5.97 Å². The molecule has 1 aromatic heterocycles. The van der Waals surface area contributed by atoms with Gasteiger partial charge in [-0.25, -0.2) is 9.78 Å². The van der Waals surface area contributed by atoms with E-state index in [9.17, 15) is 4.79 Å². The molecule has 2 aromatic carbocycles. The van der Waals surface area contributed by atoms with Crippen molar-refractivity contribution in [1.29, 1.82) is 0 Å². The molecule has 1 N–H and O–H groups in total. The van der Waals surface area contributed by atoms with E-state index in [4.69, 9.17) is 14.2 Å². The number of ether oxygens (including phenoxy) is 3. The maximum atomic E-state index is 11.6. The molecule has 0 aliphatic heterocycles. The van der Waals surface area contributed by atoms with Crippen molar-refractivity contribution >= 4 is 32.9 Å². The Kier molecular flexibility index (Phi) is 5.78. The van der Waals surface area contributed by atoms with Gasteiger partial charge in [-0.2, -0.15) is 0 Å². The number of nitrogens with zero attached hydrogens (tertiary/aromatic N) is 1. The van der Waals surface area contributed by atoms with Crippen LogP contribution in [0.25, 0.3) is 22.4 Å². The van der Waals surface area contributed by atoms with Crippen LogP contribution in [0, 0.1) is 0 Å². The minimum Gasteiger partial charge on any atom is -0.490 e. The zero-order valence-electron chi connectivity index (χ0n) is 14.5. The second-order valence-corrected chi connectivity index (χ2v) is 6.27. The van der Waals surface area contributed by atoms with E-state index < -0.39 is 5.97 Å². The van der Waals surface area contributed by atoms with Crippen molar-refractivity contribution in [2.24, 2.45) is 0 Å². The number of rotatable bonds is 7. The third-order valence-electron chi connectivity index (χ3n) is 3.61. The van der Waals surface area contributed by atoms with Gasteiger partial charge in [0.25, 0.3) is 0 Å². The average Bonchev–Trinajstić information content (AvgIpc) is 3.05. The molecule has 0 atom stereocenters. The Morgan fingerprint density at radius 2 is 1.96 bits per heavy atom. The fraction of sp³-hybridized carbons (Fsp3) is 0.263. The number of benzene rings is 2. The summed E-state index contributed by atoms with van der Waals surface area (Å²) in [6.45, 7) is 4.23. The Hall–Kier alpha value is -2.54. The van der Waals surface area contributed by atoms with Crippen LogP contribution in [0.2, 0.25) is 0 Å². The highest BCUT2D eigenvalue weighted by Crippen LogP contribution is 2.39. The van der Waals surface area contributed by atoms with Gasteiger partial charge in [0.05, 0.1) is 28.7 Å². The molecular weight excluding hydrogens is 400 g/mol. The molecule has 0 aliphatic rings. The predicted octanol–water partition coefficient (Wildman–Crippen LogP) is 4.33. The third-order valence-corrected chi connectivity index (χ3v) is 4.20. The lowest BCUT2D eigenvalue weighted by atomic mass is 10.2. The number of hydrogen-bond donors (Lipinski definition) is 1. The van der Waals surface area contributed by atoms with E-state index in [0.717, 1.165) is 22.4 Å². The summed E-state index contributed by atoms with van der Waals surface area (Å²) in [4.78, 5) is 19.5. The second-order valence-electron chi connectivity index (χ2n) is 5.41. The quantitative estimate of drug-likeness (QED) is 0.577. The number of H-pyrrole nitrogens is 1. The minimum atomic E-state index is -0.428. The van der Waals surface area contributed by atoms with Crippen LogP contribution in [0.1, 0.15) is 13.8 Å². The van der Waals surface area contributed by atoms with Crippen LogP contribution in [0.5, 0.6) is 11.5 Å². The molecule has 3 aromatic rings. The first-order chi connectivity index (χ1) is 12.6. The van der Waals surface area contributed by atoms with Crippen LogP contribution < -0.4 is 9.47 Å². The number of nitrogens with one attached hydrogen (secondary N) is 1. The minimum absolute atomic E-state index is 0.184. The molecule has 26 heavy (non-hydrogen) atoms. The van der Waals surface area contributed by atoms with E-state index in [1.807, 2.05) is 43.3 Å². The smallest absolute Gasteiger partial charge is 0.344 e. The number of imidazole rings is 1. The Labute approximate surface area is 159 Å². The topological polar surface area (TPSA) is 73.4 Å². The standard InChI is InChI=1S/C19H19BrN2O4/c1-3-24-16-10-12(19-21-14-7-5-6-8-15(14)22-19)9-13(20)18(16)26-11-17(23)25-4-2/h5-10H,3-4,11H2,1-2H3,(H,21,22). The lowest BCUT2D eigenvalue weighted by Crippen LogP contribution is -2.15. The molecule has 0 aliphatic carbocycles. The monoisotopic (exact) mass is 418 g/mol. The van der Waals surface area contributed by atoms with E-state index in [1.54, 1.807) is 6.92 Å². The average molecular weight is 419 g/mol. The van der Waals surface area contributed by atoms with Crippen molar-refractivity contribution in [3.8, 4) is 22.9 Å². The van der Waals surface area contributed by atoms with E-state index in [2.05, 4.69) is 25.9 Å². The predicted molar refractivity (Wildman–Crippen MR) is 103 cm³/mol. The maximum Gasteiger partial charge on any atom is 0.344 e. The van der Waals surface area contributed by atoms with Crippen LogP contribution in [-0.2, 0) is 9.53 Å². The van der Waals surface area contributed by atoms with Gasteiger partial charge in [0, 0.05) is 5.56 Å². The molecule has 0 radical (unpaired) electrons. The summed E-state index contributed by atoms with van der Waals surface area (Å²) in [6.07, 6.45) is 0. The van der Waals surface area contributed by atoms with Crippen molar-refractivity contribution in [2.75, 3.05) is 19.8 Å². The molecule has 0 amide bonds. The summed E-state index contributed by atoms with van der Waals surface area (Å²) < 4.78 is 16.9. The summed E-state index contributed by atoms with van der Waals surface area (Å²) >= 11 is 3.50. The molecule has 0 unspecified atom stereocenters. The van der Waals surface area contributed by atoms with Crippen molar-refractivity contribution in [3.63, 3.8) is 0 Å². The Balaban J connectivity index is 1.94. The maximum absolute atomic E-state index is 11.6. The molecule has 0 saturated heterocycles. The van der Waals surface area contributed by atoms with Gasteiger partial charge in [-0.3, -0.25) is 0 Å². The van der Waals surface area contributed by atoms with E-state index in [1.165, 1.54) is 0 Å². The lowest BCUT2D eigenvalue weighted by Gasteiger charge is -2.14. The summed E-state index contributed by atoms with van der Waals surface area (Å²) in [5, 5.41) is 0. The molecule has 6 nitrogen and oxygen atoms in total. The molecule has 3 rings (SSSR count). The number of fused-ring (bicyclic) bond motifs is 1. The Bertz CT molecular complexity index is 890. The Morgan fingerprint density at radius 1 is 1.15 bits per heavy atom. The highest BCUT2D eigenvalue weighted by atomic mass is 79.9. The summed E-state index contributed by atoms with van der Waals surface area (Å²) in [6, 6.07) is 11.5. The summed E-state index contributed by atoms with van der Waals surface area (Å²) in [7, 11) is 0. The van der Waals surface area contributed by atoms with Crippen LogP contribution in [0.15, 0.2) is 40.9 Å². The van der Waals surface area contributed by atoms with Crippen molar-refractivity contribution in [3.05, 3.63) is 40.9 Å². The number of halogens is 1. The highest BCUT2D eigenvalue weighted by Gasteiger charge is 2.16. The number of esters is 1. The van der Waals surface area contributed by atoms with E-state index >= 15 is 0 Å². The molecular formula is C19H19BrN2O4. The SMILES string of the molecule is CCOC(=O)COc1c(Br)cc(-c2nc3ccccc3[nH]2)cc1OCC. The normalized spacial score (nSPS) is 10.7. The molecule has 0 bridgehead atoms. The van der Waals surface area contributed by atoms with Gasteiger partial charge in [0.15, 0.2) is 18.1 Å². The molecule has 0 fully saturated rings. The number of carbonyl (C=O) groups excluding carboxylic acids is 1.